The third kappa shape index (κ3) is 2.00. The molecule has 3 N–H and O–H groups in total. The molecule has 2 aliphatic rings. The molecule has 0 aromatic carbocycles. The van der Waals surface area contributed by atoms with E-state index in [1.54, 1.807) is 0 Å². The monoisotopic (exact) mass is 327 g/mol. The summed E-state index contributed by atoms with van der Waals surface area (Å²) in [4.78, 5) is 13.9. The van der Waals surface area contributed by atoms with Gasteiger partial charge in [0.1, 0.15) is 16.7 Å². The fourth-order valence-electron chi connectivity index (χ4n) is 2.94. The summed E-state index contributed by atoms with van der Waals surface area (Å²) in [7, 11) is 0. The molecule has 0 atom stereocenters. The first-order valence-corrected chi connectivity index (χ1v) is 7.81. The maximum absolute atomic E-state index is 14.2. The number of anilines is 1. The molecule has 0 radical (unpaired) electrons. The fourth-order valence-corrected chi connectivity index (χ4v) is 4.03. The van der Waals surface area contributed by atoms with E-state index in [1.165, 1.54) is 0 Å². The lowest BCUT2D eigenvalue weighted by Gasteiger charge is -2.43. The summed E-state index contributed by atoms with van der Waals surface area (Å²) in [6.45, 7) is 0.110. The summed E-state index contributed by atoms with van der Waals surface area (Å²) in [5.41, 5.74) is 4.67. The minimum atomic E-state index is -3.77. The zero-order chi connectivity index (χ0) is 16.1. The molecule has 8 heteroatoms. The van der Waals surface area contributed by atoms with E-state index >= 15 is 0 Å². The molecule has 0 saturated heterocycles. The number of aliphatic hydroxyl groups is 1. The van der Waals surface area contributed by atoms with Gasteiger partial charge in [-0.3, -0.25) is 4.79 Å². The maximum Gasteiger partial charge on any atom is 0.352 e. The van der Waals surface area contributed by atoms with Gasteiger partial charge in [-0.25, -0.2) is 0 Å². The van der Waals surface area contributed by atoms with Gasteiger partial charge in [-0.1, -0.05) is 0 Å². The van der Waals surface area contributed by atoms with E-state index in [9.17, 15) is 18.7 Å². The summed E-state index contributed by atoms with van der Waals surface area (Å²) in [5.74, 6) is -5.12. The largest absolute Gasteiger partial charge is 0.389 e. The summed E-state index contributed by atoms with van der Waals surface area (Å²) in [5, 5.41) is 19.3. The number of carbonyl (C=O) groups excluding carboxylic acids is 1. The first-order valence-electron chi connectivity index (χ1n) is 7.00. The summed E-state index contributed by atoms with van der Waals surface area (Å²) in [6.07, 6.45) is 0.702. The quantitative estimate of drug-likeness (QED) is 0.864. The van der Waals surface area contributed by atoms with Crippen LogP contribution in [0.1, 0.15) is 35.3 Å². The van der Waals surface area contributed by atoms with Crippen LogP contribution in [-0.4, -0.2) is 34.0 Å². The van der Waals surface area contributed by atoms with Crippen molar-refractivity contribution in [2.24, 2.45) is 0 Å². The smallest absolute Gasteiger partial charge is 0.352 e. The number of amides is 1. The highest BCUT2D eigenvalue weighted by Gasteiger charge is 2.62. The van der Waals surface area contributed by atoms with Crippen LogP contribution in [0.25, 0.3) is 0 Å². The Morgan fingerprint density at radius 3 is 2.73 bits per heavy atom. The minimum absolute atomic E-state index is 0.0103. The van der Waals surface area contributed by atoms with Crippen LogP contribution in [0, 0.1) is 11.3 Å². The number of fused-ring (bicyclic) bond motifs is 1. The topological polar surface area (TPSA) is 90.4 Å². The minimum Gasteiger partial charge on any atom is -0.389 e. The van der Waals surface area contributed by atoms with Gasteiger partial charge in [0.05, 0.1) is 12.1 Å². The number of nitriles is 1. The third-order valence-electron chi connectivity index (χ3n) is 4.52. The molecule has 0 unspecified atom stereocenters. The van der Waals surface area contributed by atoms with Gasteiger partial charge in [-0.2, -0.15) is 14.0 Å². The van der Waals surface area contributed by atoms with Gasteiger partial charge in [0.2, 0.25) is 0 Å². The van der Waals surface area contributed by atoms with Crippen molar-refractivity contribution in [1.29, 1.82) is 5.26 Å². The van der Waals surface area contributed by atoms with Crippen LogP contribution in [0.5, 0.6) is 0 Å². The Bertz CT molecular complexity index is 676. The normalized spacial score (nSPS) is 20.0. The molecule has 22 heavy (non-hydrogen) atoms. The number of carbonyl (C=O) groups is 1. The van der Waals surface area contributed by atoms with Crippen molar-refractivity contribution in [3.8, 4) is 6.07 Å². The van der Waals surface area contributed by atoms with Gasteiger partial charge < -0.3 is 15.7 Å². The Morgan fingerprint density at radius 1 is 1.50 bits per heavy atom. The van der Waals surface area contributed by atoms with Gasteiger partial charge in [-0.05, 0) is 31.2 Å². The van der Waals surface area contributed by atoms with Crippen LogP contribution < -0.4 is 5.73 Å². The van der Waals surface area contributed by atoms with E-state index in [0.717, 1.165) is 21.8 Å². The first-order chi connectivity index (χ1) is 10.3. The molecular weight excluding hydrogens is 312 g/mol. The first kappa shape index (κ1) is 15.2. The summed E-state index contributed by atoms with van der Waals surface area (Å²) in [6, 6.07) is 2.01. The second kappa shape index (κ2) is 4.89. The molecule has 3 rings (SSSR count). The zero-order valence-corrected chi connectivity index (χ0v) is 12.6. The highest BCUT2D eigenvalue weighted by atomic mass is 32.1. The number of alkyl halides is 2. The van der Waals surface area contributed by atoms with Crippen LogP contribution in [0.15, 0.2) is 0 Å². The molecule has 0 bridgehead atoms. The number of hydrogen-bond acceptors (Lipinski definition) is 5. The van der Waals surface area contributed by atoms with E-state index in [2.05, 4.69) is 0 Å². The number of nitrogens with two attached hydrogens (primary N) is 1. The van der Waals surface area contributed by atoms with Crippen LogP contribution >= 0.6 is 11.3 Å². The van der Waals surface area contributed by atoms with Crippen molar-refractivity contribution in [2.75, 3.05) is 12.3 Å². The molecule has 1 aromatic heterocycles. The van der Waals surface area contributed by atoms with Crippen molar-refractivity contribution in [1.82, 2.24) is 4.90 Å². The summed E-state index contributed by atoms with van der Waals surface area (Å²) < 4.78 is 28.5. The number of rotatable bonds is 2. The van der Waals surface area contributed by atoms with E-state index in [1.807, 2.05) is 6.07 Å². The lowest BCUT2D eigenvalue weighted by molar-refractivity contribution is -0.224. The Kier molecular flexibility index (Phi) is 3.38. The Hall–Kier alpha value is -1.72. The van der Waals surface area contributed by atoms with Gasteiger partial charge in [-0.15, -0.1) is 11.3 Å². The molecule has 1 aliphatic heterocycles. The van der Waals surface area contributed by atoms with Crippen LogP contribution in [0.4, 0.5) is 13.8 Å². The second-order valence-corrected chi connectivity index (χ2v) is 6.93. The average Bonchev–Trinajstić information content (AvgIpc) is 2.77. The van der Waals surface area contributed by atoms with E-state index in [-0.39, 0.29) is 25.9 Å². The number of hydrogen-bond donors (Lipinski definition) is 2. The van der Waals surface area contributed by atoms with Gasteiger partial charge >= 0.3 is 5.92 Å². The van der Waals surface area contributed by atoms with Gasteiger partial charge in [0, 0.05) is 11.4 Å². The van der Waals surface area contributed by atoms with Crippen LogP contribution in [0.3, 0.4) is 0 Å². The Labute approximate surface area is 129 Å². The van der Waals surface area contributed by atoms with Crippen molar-refractivity contribution >= 4 is 22.2 Å². The lowest BCUT2D eigenvalue weighted by Crippen LogP contribution is -2.61. The standard InChI is InChI=1S/C14H15F2N3O2S/c15-14(16,13(21)3-1-4-13)12(20)19-5-2-8-9(6-17)11(18)22-10(8)7-19/h21H,1-5,7,18H2. The molecule has 1 fully saturated rings. The summed E-state index contributed by atoms with van der Waals surface area (Å²) >= 11 is 1.15. The van der Waals surface area contributed by atoms with Crippen molar-refractivity contribution in [2.45, 2.75) is 43.8 Å². The number of halogens is 2. The average molecular weight is 327 g/mol. The van der Waals surface area contributed by atoms with Crippen LogP contribution in [0.2, 0.25) is 0 Å². The lowest BCUT2D eigenvalue weighted by atomic mass is 9.75. The molecule has 0 spiro atoms. The van der Waals surface area contributed by atoms with E-state index < -0.39 is 17.4 Å². The number of thiophene rings is 1. The number of nitrogen functional groups attached to an aromatic ring is 1. The molecule has 5 nitrogen and oxygen atoms in total. The van der Waals surface area contributed by atoms with Crippen molar-refractivity contribution in [3.63, 3.8) is 0 Å². The molecule has 1 saturated carbocycles. The molecule has 2 heterocycles. The van der Waals surface area contributed by atoms with Crippen molar-refractivity contribution < 1.29 is 18.7 Å². The molecule has 1 amide bonds. The zero-order valence-electron chi connectivity index (χ0n) is 11.7. The van der Waals surface area contributed by atoms with E-state index in [4.69, 9.17) is 11.0 Å². The van der Waals surface area contributed by atoms with Crippen molar-refractivity contribution in [3.05, 3.63) is 16.0 Å². The van der Waals surface area contributed by atoms with E-state index in [0.29, 0.717) is 28.3 Å². The number of nitrogens with zero attached hydrogens (tertiary/aromatic N) is 2. The third-order valence-corrected chi connectivity index (χ3v) is 5.56. The molecule has 1 aromatic rings. The van der Waals surface area contributed by atoms with Crippen LogP contribution in [-0.2, 0) is 17.8 Å². The predicted molar refractivity (Wildman–Crippen MR) is 76.3 cm³/mol. The Balaban J connectivity index is 1.83. The molecular formula is C14H15F2N3O2S. The highest BCUT2D eigenvalue weighted by Crippen LogP contribution is 2.46. The maximum atomic E-state index is 14.2. The SMILES string of the molecule is N#Cc1c(N)sc2c1CCN(C(=O)C(F)(F)C1(O)CCC1)C2. The predicted octanol–water partition coefficient (Wildman–Crippen LogP) is 1.64. The molecule has 1 aliphatic carbocycles. The van der Waals surface area contributed by atoms with Gasteiger partial charge in [0.25, 0.3) is 5.91 Å². The highest BCUT2D eigenvalue weighted by molar-refractivity contribution is 7.16. The second-order valence-electron chi connectivity index (χ2n) is 5.79. The Morgan fingerprint density at radius 2 is 2.18 bits per heavy atom. The van der Waals surface area contributed by atoms with Gasteiger partial charge in [0.15, 0.2) is 0 Å². The fraction of sp³-hybridized carbons (Fsp3) is 0.571. The molecule has 118 valence electrons.